The van der Waals surface area contributed by atoms with Crippen LogP contribution in [0.15, 0.2) is 53.9 Å². The van der Waals surface area contributed by atoms with Crippen molar-refractivity contribution in [3.05, 3.63) is 86.6 Å². The summed E-state index contributed by atoms with van der Waals surface area (Å²) >= 11 is 7.38. The lowest BCUT2D eigenvalue weighted by atomic mass is 9.97. The summed E-state index contributed by atoms with van der Waals surface area (Å²) in [7, 11) is 0. The molecule has 0 saturated carbocycles. The van der Waals surface area contributed by atoms with E-state index in [4.69, 9.17) is 11.6 Å². The van der Waals surface area contributed by atoms with Crippen molar-refractivity contribution in [2.75, 3.05) is 13.1 Å². The Hall–Kier alpha value is -2.77. The van der Waals surface area contributed by atoms with Crippen LogP contribution in [0, 0.1) is 5.82 Å². The Kier molecular flexibility index (Phi) is 7.17. The third-order valence-electron chi connectivity index (χ3n) is 5.59. The van der Waals surface area contributed by atoms with Crippen molar-refractivity contribution in [1.82, 2.24) is 15.2 Å². The van der Waals surface area contributed by atoms with Crippen LogP contribution >= 0.6 is 22.9 Å². The average Bonchev–Trinajstić information content (AvgIpc) is 3.30. The van der Waals surface area contributed by atoms with Gasteiger partial charge in [-0.2, -0.15) is 0 Å². The third kappa shape index (κ3) is 5.72. The van der Waals surface area contributed by atoms with E-state index in [1.165, 1.54) is 23.5 Å². The molecule has 1 aromatic heterocycles. The molecule has 2 heterocycles. The number of amides is 2. The number of aromatic nitrogens is 1. The largest absolute Gasteiger partial charge is 0.347 e. The summed E-state index contributed by atoms with van der Waals surface area (Å²) in [5, 5.41) is 6.27. The molecule has 2 aromatic carbocycles. The lowest BCUT2D eigenvalue weighted by molar-refractivity contribution is -0.131. The molecule has 4 rings (SSSR count). The maximum Gasteiger partial charge on any atom is 0.271 e. The van der Waals surface area contributed by atoms with Crippen LogP contribution in [0.5, 0.6) is 0 Å². The number of nitrogens with one attached hydrogen (secondary N) is 1. The number of halogens is 2. The smallest absolute Gasteiger partial charge is 0.271 e. The number of hydrogen-bond donors (Lipinski definition) is 1. The number of rotatable bonds is 6. The minimum Gasteiger partial charge on any atom is -0.347 e. The molecule has 166 valence electrons. The zero-order chi connectivity index (χ0) is 22.5. The minimum absolute atomic E-state index is 0.0523. The van der Waals surface area contributed by atoms with Gasteiger partial charge in [0.15, 0.2) is 0 Å². The Balaban J connectivity index is 1.26. The first-order chi connectivity index (χ1) is 15.5. The summed E-state index contributed by atoms with van der Waals surface area (Å²) in [6.07, 6.45) is 1.91. The van der Waals surface area contributed by atoms with E-state index in [-0.39, 0.29) is 30.0 Å². The summed E-state index contributed by atoms with van der Waals surface area (Å²) in [6.45, 7) is 1.72. The van der Waals surface area contributed by atoms with Crippen molar-refractivity contribution < 1.29 is 14.0 Å². The average molecular weight is 472 g/mol. The van der Waals surface area contributed by atoms with Gasteiger partial charge >= 0.3 is 0 Å². The van der Waals surface area contributed by atoms with Crippen molar-refractivity contribution >= 4 is 34.8 Å². The monoisotopic (exact) mass is 471 g/mol. The second-order valence-corrected chi connectivity index (χ2v) is 9.16. The van der Waals surface area contributed by atoms with E-state index < -0.39 is 0 Å². The zero-order valence-electron chi connectivity index (χ0n) is 17.4. The summed E-state index contributed by atoms with van der Waals surface area (Å²) < 4.78 is 13.0. The van der Waals surface area contributed by atoms with Crippen LogP contribution in [0.4, 0.5) is 4.39 Å². The Bertz CT molecular complexity index is 1080. The molecule has 0 radical (unpaired) electrons. The van der Waals surface area contributed by atoms with Gasteiger partial charge in [-0.05, 0) is 48.2 Å². The molecule has 1 aliphatic rings. The number of piperidine rings is 1. The number of hydrogen-bond acceptors (Lipinski definition) is 4. The Morgan fingerprint density at radius 2 is 1.72 bits per heavy atom. The van der Waals surface area contributed by atoms with Gasteiger partial charge in [0.2, 0.25) is 5.91 Å². The highest BCUT2D eigenvalue weighted by molar-refractivity contribution is 7.09. The quantitative estimate of drug-likeness (QED) is 0.561. The number of carbonyl (C=O) groups is 2. The molecule has 1 saturated heterocycles. The number of nitrogens with zero attached hydrogens (tertiary/aromatic N) is 2. The predicted molar refractivity (Wildman–Crippen MR) is 123 cm³/mol. The second kappa shape index (κ2) is 10.2. The highest BCUT2D eigenvalue weighted by Crippen LogP contribution is 2.30. The first kappa shape index (κ1) is 22.4. The molecule has 0 bridgehead atoms. The van der Waals surface area contributed by atoms with E-state index in [0.29, 0.717) is 30.4 Å². The van der Waals surface area contributed by atoms with Crippen LogP contribution < -0.4 is 5.32 Å². The normalized spacial score (nSPS) is 14.4. The van der Waals surface area contributed by atoms with Crippen LogP contribution in [0.3, 0.4) is 0 Å². The van der Waals surface area contributed by atoms with Crippen LogP contribution in [-0.2, 0) is 17.8 Å². The van der Waals surface area contributed by atoms with Gasteiger partial charge in [0.05, 0.1) is 11.4 Å². The third-order valence-corrected chi connectivity index (χ3v) is 6.85. The molecule has 1 fully saturated rings. The zero-order valence-corrected chi connectivity index (χ0v) is 19.0. The molecule has 0 spiro atoms. The summed E-state index contributed by atoms with van der Waals surface area (Å²) in [4.78, 5) is 31.4. The molecule has 2 amide bonds. The molecule has 1 aliphatic heterocycles. The van der Waals surface area contributed by atoms with Gasteiger partial charge in [-0.3, -0.25) is 9.59 Å². The van der Waals surface area contributed by atoms with E-state index in [9.17, 15) is 14.0 Å². The van der Waals surface area contributed by atoms with Gasteiger partial charge in [0.1, 0.15) is 11.5 Å². The maximum atomic E-state index is 13.0. The highest BCUT2D eigenvalue weighted by Gasteiger charge is 2.26. The van der Waals surface area contributed by atoms with E-state index in [1.54, 1.807) is 29.6 Å². The summed E-state index contributed by atoms with van der Waals surface area (Å²) in [6, 6.07) is 13.4. The fraction of sp³-hybridized carbons (Fsp3) is 0.292. The van der Waals surface area contributed by atoms with Crippen LogP contribution in [0.25, 0.3) is 0 Å². The lowest BCUT2D eigenvalue weighted by Gasteiger charge is -2.31. The minimum atomic E-state index is -0.302. The van der Waals surface area contributed by atoms with Gasteiger partial charge in [-0.1, -0.05) is 35.9 Å². The van der Waals surface area contributed by atoms with Crippen molar-refractivity contribution in [1.29, 1.82) is 0 Å². The number of carbonyl (C=O) groups excluding carboxylic acids is 2. The van der Waals surface area contributed by atoms with Gasteiger partial charge in [-0.25, -0.2) is 9.37 Å². The Morgan fingerprint density at radius 1 is 1.06 bits per heavy atom. The SMILES string of the molecule is O=C(NCc1ccc(Cl)cc1)c1csc(C2CCN(C(=O)Cc3ccc(F)cc3)CC2)n1. The second-order valence-electron chi connectivity index (χ2n) is 7.84. The van der Waals surface area contributed by atoms with E-state index >= 15 is 0 Å². The van der Waals surface area contributed by atoms with Gasteiger partial charge in [0, 0.05) is 36.0 Å². The highest BCUT2D eigenvalue weighted by atomic mass is 35.5. The van der Waals surface area contributed by atoms with Crippen LogP contribution in [0.2, 0.25) is 5.02 Å². The Morgan fingerprint density at radius 3 is 2.41 bits per heavy atom. The van der Waals surface area contributed by atoms with Crippen molar-refractivity contribution in [2.24, 2.45) is 0 Å². The fourth-order valence-electron chi connectivity index (χ4n) is 3.72. The number of thiazole rings is 1. The van der Waals surface area contributed by atoms with Gasteiger partial charge < -0.3 is 10.2 Å². The maximum absolute atomic E-state index is 13.0. The van der Waals surface area contributed by atoms with Gasteiger partial charge in [0.25, 0.3) is 5.91 Å². The molecule has 8 heteroatoms. The molecule has 32 heavy (non-hydrogen) atoms. The molecular formula is C24H23ClFN3O2S. The van der Waals surface area contributed by atoms with Crippen molar-refractivity contribution in [3.8, 4) is 0 Å². The first-order valence-electron chi connectivity index (χ1n) is 10.5. The predicted octanol–water partition coefficient (Wildman–Crippen LogP) is 4.81. The molecule has 0 aliphatic carbocycles. The molecule has 3 aromatic rings. The number of benzene rings is 2. The molecule has 1 N–H and O–H groups in total. The van der Waals surface area contributed by atoms with Gasteiger partial charge in [-0.15, -0.1) is 11.3 Å². The van der Waals surface area contributed by atoms with Crippen molar-refractivity contribution in [3.63, 3.8) is 0 Å². The topological polar surface area (TPSA) is 62.3 Å². The fourth-order valence-corrected chi connectivity index (χ4v) is 4.82. The molecular weight excluding hydrogens is 449 g/mol. The number of likely N-dealkylation sites (tertiary alicyclic amines) is 1. The standard InChI is InChI=1S/C24H23ClFN3O2S/c25-19-5-1-17(2-6-19)14-27-23(31)21-15-32-24(28-21)18-9-11-29(12-10-18)22(30)13-16-3-7-20(26)8-4-16/h1-8,15,18H,9-14H2,(H,27,31). The van der Waals surface area contributed by atoms with E-state index in [1.807, 2.05) is 17.0 Å². The molecule has 5 nitrogen and oxygen atoms in total. The summed E-state index contributed by atoms with van der Waals surface area (Å²) in [5.74, 6) is -0.206. The molecule has 0 atom stereocenters. The summed E-state index contributed by atoms with van der Waals surface area (Å²) in [5.41, 5.74) is 2.21. The van der Waals surface area contributed by atoms with Crippen molar-refractivity contribution in [2.45, 2.75) is 31.7 Å². The van der Waals surface area contributed by atoms with E-state index in [0.717, 1.165) is 29.0 Å². The Labute approximate surface area is 195 Å². The first-order valence-corrected chi connectivity index (χ1v) is 11.7. The lowest BCUT2D eigenvalue weighted by Crippen LogP contribution is -2.38. The van der Waals surface area contributed by atoms with E-state index in [2.05, 4.69) is 10.3 Å². The molecule has 0 unspecified atom stereocenters. The van der Waals surface area contributed by atoms with Crippen LogP contribution in [0.1, 0.15) is 45.4 Å². The van der Waals surface area contributed by atoms with Crippen LogP contribution in [-0.4, -0.2) is 34.8 Å².